The first-order valence-electron chi connectivity index (χ1n) is 7.64. The molecule has 0 amide bonds. The van der Waals surface area contributed by atoms with Gasteiger partial charge < -0.3 is 9.47 Å². The van der Waals surface area contributed by atoms with E-state index in [9.17, 15) is 0 Å². The number of aliphatic imine (C=N–C) groups is 1. The van der Waals surface area contributed by atoms with Crippen LogP contribution in [0.2, 0.25) is 0 Å². The van der Waals surface area contributed by atoms with Crippen molar-refractivity contribution < 1.29 is 0 Å². The Bertz CT molecular complexity index is 891. The van der Waals surface area contributed by atoms with Crippen LogP contribution in [0.15, 0.2) is 64.6 Å². The number of imidazole rings is 1. The van der Waals surface area contributed by atoms with Crippen molar-refractivity contribution in [2.45, 2.75) is 6.54 Å². The molecule has 0 aliphatic heterocycles. The Morgan fingerprint density at radius 2 is 1.92 bits per heavy atom. The predicted molar refractivity (Wildman–Crippen MR) is 106 cm³/mol. The fourth-order valence-electron chi connectivity index (χ4n) is 2.48. The van der Waals surface area contributed by atoms with Gasteiger partial charge in [-0.25, -0.2) is 9.98 Å². The minimum absolute atomic E-state index is 0.632. The number of nitrogens with zero attached hydrogens (tertiary/aromatic N) is 4. The first-order valence-corrected chi connectivity index (χ1v) is 8.44. The van der Waals surface area contributed by atoms with Crippen molar-refractivity contribution in [1.29, 1.82) is 0 Å². The molecule has 1 heterocycles. The largest absolute Gasteiger partial charge is 0.378 e. The van der Waals surface area contributed by atoms with Crippen molar-refractivity contribution in [2.24, 2.45) is 4.99 Å². The second kappa shape index (κ2) is 7.01. The van der Waals surface area contributed by atoms with E-state index in [-0.39, 0.29) is 0 Å². The minimum atomic E-state index is 0.632. The first-order chi connectivity index (χ1) is 11.5. The number of hydrogen-bond acceptors (Lipinski definition) is 3. The third kappa shape index (κ3) is 3.57. The molecule has 0 atom stereocenters. The van der Waals surface area contributed by atoms with Crippen molar-refractivity contribution in [3.05, 3.63) is 65.2 Å². The van der Waals surface area contributed by atoms with Crippen molar-refractivity contribution in [1.82, 2.24) is 9.55 Å². The summed E-state index contributed by atoms with van der Waals surface area (Å²) in [4.78, 5) is 11.3. The lowest BCUT2D eigenvalue weighted by Gasteiger charge is -2.11. The topological polar surface area (TPSA) is 33.4 Å². The van der Waals surface area contributed by atoms with Gasteiger partial charge in [0, 0.05) is 30.5 Å². The molecule has 0 radical (unpaired) electrons. The Balaban J connectivity index is 1.95. The van der Waals surface area contributed by atoms with E-state index in [2.05, 4.69) is 66.2 Å². The molecule has 24 heavy (non-hydrogen) atoms. The van der Waals surface area contributed by atoms with Gasteiger partial charge in [0.25, 0.3) is 0 Å². The van der Waals surface area contributed by atoms with Crippen LogP contribution in [0.3, 0.4) is 0 Å². The van der Waals surface area contributed by atoms with Gasteiger partial charge in [-0.3, -0.25) is 0 Å². The molecule has 0 aliphatic rings. The quantitative estimate of drug-likeness (QED) is 0.595. The van der Waals surface area contributed by atoms with Crippen LogP contribution < -0.4 is 4.90 Å². The van der Waals surface area contributed by atoms with E-state index >= 15 is 0 Å². The van der Waals surface area contributed by atoms with Crippen LogP contribution in [0.25, 0.3) is 11.0 Å². The van der Waals surface area contributed by atoms with Gasteiger partial charge in [-0.15, -0.1) is 0 Å². The summed E-state index contributed by atoms with van der Waals surface area (Å²) in [7, 11) is 4.05. The molecule has 3 aromatic rings. The number of aromatic nitrogens is 2. The lowest BCUT2D eigenvalue weighted by Crippen LogP contribution is -2.08. The zero-order valence-corrected chi connectivity index (χ0v) is 15.4. The van der Waals surface area contributed by atoms with Gasteiger partial charge in [0.15, 0.2) is 0 Å². The highest BCUT2D eigenvalue weighted by Crippen LogP contribution is 2.24. The van der Waals surface area contributed by atoms with Gasteiger partial charge in [0.05, 0.1) is 17.6 Å². The molecule has 0 spiro atoms. The highest BCUT2D eigenvalue weighted by atomic mass is 79.9. The van der Waals surface area contributed by atoms with Crippen LogP contribution in [0.4, 0.5) is 11.6 Å². The Labute approximate surface area is 150 Å². The van der Waals surface area contributed by atoms with Crippen LogP contribution in [-0.2, 0) is 6.54 Å². The predicted octanol–water partition coefficient (Wildman–Crippen LogP) is 4.76. The Morgan fingerprint density at radius 1 is 1.21 bits per heavy atom. The SMILES string of the molecule is C=C(Br)Cn1c(/N=C/c2ccc(N(C)C)cc2)nc2ccccc21. The summed E-state index contributed by atoms with van der Waals surface area (Å²) >= 11 is 3.43. The summed E-state index contributed by atoms with van der Waals surface area (Å²) in [5, 5.41) is 0. The number of para-hydroxylation sites is 2. The molecule has 3 rings (SSSR count). The fraction of sp³-hybridized carbons (Fsp3) is 0.158. The summed E-state index contributed by atoms with van der Waals surface area (Å²) in [5.41, 5.74) is 4.18. The molecular weight excluding hydrogens is 364 g/mol. The van der Waals surface area contributed by atoms with Gasteiger partial charge in [-0.05, 0) is 29.8 Å². The molecule has 2 aromatic carbocycles. The standard InChI is InChI=1S/C19H19BrN4/c1-14(20)13-24-18-7-5-4-6-17(18)22-19(24)21-12-15-8-10-16(11-9-15)23(2)3/h4-12H,1,13H2,2-3H3/b21-12+. The van der Waals surface area contributed by atoms with Crippen LogP contribution in [0.5, 0.6) is 0 Å². The first kappa shape index (κ1) is 16.5. The van der Waals surface area contributed by atoms with E-state index in [4.69, 9.17) is 0 Å². The molecule has 5 heteroatoms. The number of fused-ring (bicyclic) bond motifs is 1. The molecule has 0 saturated carbocycles. The fourth-order valence-corrected chi connectivity index (χ4v) is 2.73. The molecule has 1 aromatic heterocycles. The maximum Gasteiger partial charge on any atom is 0.230 e. The highest BCUT2D eigenvalue weighted by molar-refractivity contribution is 9.11. The summed E-state index contributed by atoms with van der Waals surface area (Å²) < 4.78 is 2.94. The minimum Gasteiger partial charge on any atom is -0.378 e. The number of hydrogen-bond donors (Lipinski definition) is 0. The van der Waals surface area contributed by atoms with E-state index in [1.807, 2.05) is 44.6 Å². The summed E-state index contributed by atoms with van der Waals surface area (Å²) in [6.45, 7) is 4.57. The van der Waals surface area contributed by atoms with Crippen molar-refractivity contribution in [2.75, 3.05) is 19.0 Å². The second-order valence-electron chi connectivity index (χ2n) is 5.75. The van der Waals surface area contributed by atoms with E-state index in [0.29, 0.717) is 12.5 Å². The lowest BCUT2D eigenvalue weighted by molar-refractivity contribution is 0.846. The Morgan fingerprint density at radius 3 is 2.58 bits per heavy atom. The molecule has 0 bridgehead atoms. The highest BCUT2D eigenvalue weighted by Gasteiger charge is 2.09. The number of anilines is 1. The van der Waals surface area contributed by atoms with E-state index in [0.717, 1.165) is 26.8 Å². The Kier molecular flexibility index (Phi) is 4.81. The van der Waals surface area contributed by atoms with Crippen LogP contribution >= 0.6 is 15.9 Å². The van der Waals surface area contributed by atoms with E-state index in [1.54, 1.807) is 0 Å². The molecule has 122 valence electrons. The average Bonchev–Trinajstić information content (AvgIpc) is 2.90. The van der Waals surface area contributed by atoms with E-state index < -0.39 is 0 Å². The number of benzene rings is 2. The average molecular weight is 383 g/mol. The van der Waals surface area contributed by atoms with Gasteiger partial charge in [-0.2, -0.15) is 0 Å². The third-order valence-electron chi connectivity index (χ3n) is 3.70. The second-order valence-corrected chi connectivity index (χ2v) is 6.87. The van der Waals surface area contributed by atoms with Crippen molar-refractivity contribution in [3.63, 3.8) is 0 Å². The number of allylic oxidation sites excluding steroid dienone is 1. The number of halogens is 1. The van der Waals surface area contributed by atoms with Gasteiger partial charge >= 0.3 is 0 Å². The summed E-state index contributed by atoms with van der Waals surface area (Å²) in [6.07, 6.45) is 1.84. The molecule has 4 nitrogen and oxygen atoms in total. The van der Waals surface area contributed by atoms with Gasteiger partial charge in [-0.1, -0.05) is 46.8 Å². The molecule has 0 fully saturated rings. The zero-order chi connectivity index (χ0) is 17.1. The van der Waals surface area contributed by atoms with Crippen molar-refractivity contribution in [3.8, 4) is 0 Å². The molecule has 0 unspecified atom stereocenters. The molecule has 0 N–H and O–H groups in total. The zero-order valence-electron chi connectivity index (χ0n) is 13.8. The molecule has 0 aliphatic carbocycles. The third-order valence-corrected chi connectivity index (χ3v) is 3.95. The summed E-state index contributed by atoms with van der Waals surface area (Å²) in [6, 6.07) is 16.3. The normalized spacial score (nSPS) is 11.3. The van der Waals surface area contributed by atoms with Gasteiger partial charge in [0.2, 0.25) is 5.95 Å². The smallest absolute Gasteiger partial charge is 0.230 e. The Hall–Kier alpha value is -2.40. The summed E-state index contributed by atoms with van der Waals surface area (Å²) in [5.74, 6) is 0.675. The maximum absolute atomic E-state index is 4.62. The van der Waals surface area contributed by atoms with Gasteiger partial charge in [0.1, 0.15) is 0 Å². The molecular formula is C19H19BrN4. The van der Waals surface area contributed by atoms with E-state index in [1.165, 1.54) is 0 Å². The van der Waals surface area contributed by atoms with Crippen LogP contribution in [0.1, 0.15) is 5.56 Å². The maximum atomic E-state index is 4.62. The van der Waals surface area contributed by atoms with Crippen molar-refractivity contribution >= 4 is 44.8 Å². The number of rotatable bonds is 5. The van der Waals surface area contributed by atoms with Crippen LogP contribution in [0, 0.1) is 0 Å². The molecule has 0 saturated heterocycles. The van der Waals surface area contributed by atoms with Crippen LogP contribution in [-0.4, -0.2) is 29.9 Å². The monoisotopic (exact) mass is 382 g/mol. The lowest BCUT2D eigenvalue weighted by atomic mass is 10.2.